The van der Waals surface area contributed by atoms with Gasteiger partial charge < -0.3 is 14.8 Å². The molecule has 0 saturated carbocycles. The summed E-state index contributed by atoms with van der Waals surface area (Å²) in [4.78, 5) is 11.6. The molecule has 0 aromatic heterocycles. The normalized spacial score (nSPS) is 26.2. The molecule has 4 nitrogen and oxygen atoms in total. The third kappa shape index (κ3) is 3.27. The molecule has 0 aromatic rings. The first kappa shape index (κ1) is 11.5. The Hall–Kier alpha value is -0.610. The first-order valence-corrected chi connectivity index (χ1v) is 4.83. The second kappa shape index (κ2) is 3.51. The second-order valence-electron chi connectivity index (χ2n) is 5.06. The molecule has 82 valence electrons. The zero-order chi connectivity index (χ0) is 11.0. The summed E-state index contributed by atoms with van der Waals surface area (Å²) in [5.74, 6) is -0.747. The fraction of sp³-hybridized carbons (Fsp3) is 0.900. The van der Waals surface area contributed by atoms with E-state index < -0.39 is 11.9 Å². The van der Waals surface area contributed by atoms with Crippen LogP contribution < -0.4 is 5.32 Å². The molecule has 0 radical (unpaired) electrons. The van der Waals surface area contributed by atoms with E-state index >= 15 is 0 Å². The van der Waals surface area contributed by atoms with E-state index in [1.165, 1.54) is 0 Å². The van der Waals surface area contributed by atoms with Gasteiger partial charge in [-0.2, -0.15) is 0 Å². The number of hydrogen-bond donors (Lipinski definition) is 1. The predicted molar refractivity (Wildman–Crippen MR) is 52.8 cm³/mol. The van der Waals surface area contributed by atoms with Crippen molar-refractivity contribution >= 4 is 5.91 Å². The standard InChI is InChI=1S/C10H19NO3/c1-9(2,3)11-8(12)7-6-13-10(4,5)14-7/h7H,6H2,1-5H3,(H,11,12). The van der Waals surface area contributed by atoms with E-state index in [9.17, 15) is 4.79 Å². The van der Waals surface area contributed by atoms with Gasteiger partial charge in [-0.15, -0.1) is 0 Å². The lowest BCUT2D eigenvalue weighted by molar-refractivity contribution is -0.154. The average molecular weight is 201 g/mol. The van der Waals surface area contributed by atoms with Gasteiger partial charge in [-0.05, 0) is 34.6 Å². The lowest BCUT2D eigenvalue weighted by Gasteiger charge is -2.23. The molecule has 1 amide bonds. The van der Waals surface area contributed by atoms with E-state index in [1.807, 2.05) is 20.8 Å². The molecule has 0 aliphatic carbocycles. The lowest BCUT2D eigenvalue weighted by Crippen LogP contribution is -2.47. The molecular formula is C10H19NO3. The maximum Gasteiger partial charge on any atom is 0.252 e. The molecule has 1 aliphatic heterocycles. The number of hydrogen-bond acceptors (Lipinski definition) is 3. The van der Waals surface area contributed by atoms with Crippen molar-refractivity contribution in [2.75, 3.05) is 6.61 Å². The zero-order valence-corrected chi connectivity index (χ0v) is 9.51. The van der Waals surface area contributed by atoms with Gasteiger partial charge in [0.1, 0.15) is 0 Å². The Kier molecular flexibility index (Phi) is 2.88. The van der Waals surface area contributed by atoms with Crippen molar-refractivity contribution in [3.05, 3.63) is 0 Å². The van der Waals surface area contributed by atoms with Crippen LogP contribution in [0.2, 0.25) is 0 Å². The van der Waals surface area contributed by atoms with Gasteiger partial charge in [0, 0.05) is 5.54 Å². The third-order valence-corrected chi connectivity index (χ3v) is 1.80. The summed E-state index contributed by atoms with van der Waals surface area (Å²) in [6, 6.07) is 0. The molecule has 0 bridgehead atoms. The Balaban J connectivity index is 2.48. The molecule has 4 heteroatoms. The summed E-state index contributed by atoms with van der Waals surface area (Å²) >= 11 is 0. The molecule has 1 saturated heterocycles. The smallest absolute Gasteiger partial charge is 0.252 e. The van der Waals surface area contributed by atoms with Crippen LogP contribution >= 0.6 is 0 Å². The lowest BCUT2D eigenvalue weighted by atomic mass is 10.1. The van der Waals surface area contributed by atoms with Crippen LogP contribution in [-0.2, 0) is 14.3 Å². The minimum Gasteiger partial charge on any atom is -0.349 e. The van der Waals surface area contributed by atoms with Gasteiger partial charge in [-0.25, -0.2) is 0 Å². The Bertz CT molecular complexity index is 230. The largest absolute Gasteiger partial charge is 0.349 e. The molecule has 1 heterocycles. The molecule has 1 rings (SSSR count). The molecule has 1 fully saturated rings. The van der Waals surface area contributed by atoms with Crippen LogP contribution in [0, 0.1) is 0 Å². The topological polar surface area (TPSA) is 47.6 Å². The highest BCUT2D eigenvalue weighted by Crippen LogP contribution is 2.22. The molecule has 0 aromatic carbocycles. The number of amides is 1. The highest BCUT2D eigenvalue weighted by Gasteiger charge is 2.37. The number of nitrogens with one attached hydrogen (secondary N) is 1. The molecule has 1 unspecified atom stereocenters. The fourth-order valence-corrected chi connectivity index (χ4v) is 1.27. The van der Waals surface area contributed by atoms with Gasteiger partial charge >= 0.3 is 0 Å². The summed E-state index contributed by atoms with van der Waals surface area (Å²) in [5.41, 5.74) is -0.229. The average Bonchev–Trinajstić information content (AvgIpc) is 2.26. The van der Waals surface area contributed by atoms with Crippen LogP contribution in [0.4, 0.5) is 0 Å². The highest BCUT2D eigenvalue weighted by atomic mass is 16.7. The third-order valence-electron chi connectivity index (χ3n) is 1.80. The van der Waals surface area contributed by atoms with E-state index in [1.54, 1.807) is 13.8 Å². The van der Waals surface area contributed by atoms with E-state index in [4.69, 9.17) is 9.47 Å². The highest BCUT2D eigenvalue weighted by molar-refractivity contribution is 5.81. The quantitative estimate of drug-likeness (QED) is 0.690. The van der Waals surface area contributed by atoms with Gasteiger partial charge in [0.05, 0.1) is 6.61 Å². The predicted octanol–water partition coefficient (Wildman–Crippen LogP) is 1.05. The SMILES string of the molecule is CC(C)(C)NC(=O)C1COC(C)(C)O1. The Morgan fingerprint density at radius 1 is 1.43 bits per heavy atom. The maximum atomic E-state index is 11.6. The van der Waals surface area contributed by atoms with Crippen LogP contribution in [0.3, 0.4) is 0 Å². The summed E-state index contributed by atoms with van der Waals surface area (Å²) < 4.78 is 10.7. The first-order chi connectivity index (χ1) is 6.20. The Labute approximate surface area is 85.0 Å². The number of carbonyl (C=O) groups excluding carboxylic acids is 1. The van der Waals surface area contributed by atoms with Crippen molar-refractivity contribution in [3.63, 3.8) is 0 Å². The van der Waals surface area contributed by atoms with Crippen LogP contribution in [-0.4, -0.2) is 29.9 Å². The molecule has 0 spiro atoms. The number of ether oxygens (including phenoxy) is 2. The second-order valence-corrected chi connectivity index (χ2v) is 5.06. The van der Waals surface area contributed by atoms with Gasteiger partial charge in [0.2, 0.25) is 0 Å². The summed E-state index contributed by atoms with van der Waals surface area (Å²) in [5, 5.41) is 2.85. The van der Waals surface area contributed by atoms with Crippen LogP contribution in [0.5, 0.6) is 0 Å². The Morgan fingerprint density at radius 3 is 2.36 bits per heavy atom. The minimum atomic E-state index is -0.639. The van der Waals surface area contributed by atoms with Gasteiger partial charge in [-0.1, -0.05) is 0 Å². The van der Waals surface area contributed by atoms with Crippen LogP contribution in [0.25, 0.3) is 0 Å². The number of carbonyl (C=O) groups is 1. The fourth-order valence-electron chi connectivity index (χ4n) is 1.27. The van der Waals surface area contributed by atoms with Crippen molar-refractivity contribution in [2.45, 2.75) is 52.0 Å². The monoisotopic (exact) mass is 201 g/mol. The van der Waals surface area contributed by atoms with Crippen molar-refractivity contribution in [1.82, 2.24) is 5.32 Å². The van der Waals surface area contributed by atoms with Crippen molar-refractivity contribution in [3.8, 4) is 0 Å². The van der Waals surface area contributed by atoms with E-state index in [0.29, 0.717) is 6.61 Å². The van der Waals surface area contributed by atoms with Gasteiger partial charge in [0.15, 0.2) is 11.9 Å². The van der Waals surface area contributed by atoms with Crippen LogP contribution in [0.15, 0.2) is 0 Å². The van der Waals surface area contributed by atoms with Crippen molar-refractivity contribution < 1.29 is 14.3 Å². The molecule has 1 N–H and O–H groups in total. The maximum absolute atomic E-state index is 11.6. The van der Waals surface area contributed by atoms with E-state index in [2.05, 4.69) is 5.32 Å². The number of rotatable bonds is 1. The summed E-state index contributed by atoms with van der Waals surface area (Å²) in [6.45, 7) is 9.74. The van der Waals surface area contributed by atoms with Gasteiger partial charge in [-0.3, -0.25) is 4.79 Å². The van der Waals surface area contributed by atoms with Crippen LogP contribution in [0.1, 0.15) is 34.6 Å². The van der Waals surface area contributed by atoms with E-state index in [0.717, 1.165) is 0 Å². The van der Waals surface area contributed by atoms with E-state index in [-0.39, 0.29) is 11.4 Å². The molecular weight excluding hydrogens is 182 g/mol. The van der Waals surface area contributed by atoms with Gasteiger partial charge in [0.25, 0.3) is 5.91 Å². The zero-order valence-electron chi connectivity index (χ0n) is 9.51. The molecule has 1 aliphatic rings. The molecule has 1 atom stereocenters. The summed E-state index contributed by atoms with van der Waals surface area (Å²) in [7, 11) is 0. The Morgan fingerprint density at radius 2 is 2.00 bits per heavy atom. The van der Waals surface area contributed by atoms with Crippen molar-refractivity contribution in [2.24, 2.45) is 0 Å². The first-order valence-electron chi connectivity index (χ1n) is 4.83. The summed E-state index contributed by atoms with van der Waals surface area (Å²) in [6.07, 6.45) is -0.482. The van der Waals surface area contributed by atoms with Crippen molar-refractivity contribution in [1.29, 1.82) is 0 Å². The molecule has 14 heavy (non-hydrogen) atoms. The minimum absolute atomic E-state index is 0.108.